The van der Waals surface area contributed by atoms with Crippen molar-refractivity contribution in [1.29, 1.82) is 0 Å². The Morgan fingerprint density at radius 1 is 1.08 bits per heavy atom. The second kappa shape index (κ2) is 9.28. The first-order chi connectivity index (χ1) is 18.3. The summed E-state index contributed by atoms with van der Waals surface area (Å²) in [6.07, 6.45) is -1.50. The van der Waals surface area contributed by atoms with Gasteiger partial charge >= 0.3 is 11.5 Å². The molecule has 0 bridgehead atoms. The molecule has 1 unspecified atom stereocenters. The Morgan fingerprint density at radius 3 is 2.53 bits per heavy atom. The molecular formula is C26H19F4N6OS+. The SMILES string of the molecule is CC1c2cccc(F)c2[N+]2=C(SC2)N1N=Cc1ccc(-c2ncn(-c3ccc(OC(F)(F)F)cc3)n2)cc1. The van der Waals surface area contributed by atoms with E-state index < -0.39 is 6.36 Å². The molecule has 0 saturated carbocycles. The van der Waals surface area contributed by atoms with E-state index >= 15 is 0 Å². The average molecular weight is 540 g/mol. The number of para-hydroxylation sites is 1. The second-order valence-electron chi connectivity index (χ2n) is 8.60. The third-order valence-corrected chi connectivity index (χ3v) is 7.23. The van der Waals surface area contributed by atoms with E-state index in [0.717, 1.165) is 21.9 Å². The van der Waals surface area contributed by atoms with E-state index in [1.54, 1.807) is 24.0 Å². The number of hydrogen-bond acceptors (Lipinski definition) is 6. The van der Waals surface area contributed by atoms with Gasteiger partial charge in [-0.15, -0.1) is 23.3 Å². The summed E-state index contributed by atoms with van der Waals surface area (Å²) in [7, 11) is 0. The van der Waals surface area contributed by atoms with Crippen molar-refractivity contribution in [1.82, 2.24) is 19.8 Å². The largest absolute Gasteiger partial charge is 0.573 e. The first-order valence-corrected chi connectivity index (χ1v) is 12.5. The Bertz CT molecular complexity index is 1560. The number of hydrogen-bond donors (Lipinski definition) is 0. The van der Waals surface area contributed by atoms with E-state index in [0.29, 0.717) is 23.1 Å². The highest BCUT2D eigenvalue weighted by Gasteiger charge is 2.45. The Kier molecular flexibility index (Phi) is 5.90. The minimum atomic E-state index is -4.75. The van der Waals surface area contributed by atoms with E-state index in [4.69, 9.17) is 5.10 Å². The summed E-state index contributed by atoms with van der Waals surface area (Å²) in [5.74, 6) is 0.609. The molecule has 7 nitrogen and oxygen atoms in total. The van der Waals surface area contributed by atoms with Crippen molar-refractivity contribution in [2.45, 2.75) is 19.3 Å². The maximum atomic E-state index is 14.5. The van der Waals surface area contributed by atoms with Gasteiger partial charge in [0.25, 0.3) is 0 Å². The van der Waals surface area contributed by atoms with Crippen LogP contribution in [0.1, 0.15) is 24.1 Å². The molecule has 0 aliphatic carbocycles. The van der Waals surface area contributed by atoms with Crippen LogP contribution >= 0.6 is 11.8 Å². The molecule has 3 heterocycles. The van der Waals surface area contributed by atoms with Gasteiger partial charge in [-0.2, -0.15) is 0 Å². The predicted molar refractivity (Wildman–Crippen MR) is 135 cm³/mol. The molecule has 6 rings (SSSR count). The second-order valence-corrected chi connectivity index (χ2v) is 9.52. The first kappa shape index (κ1) is 24.2. The number of aromatic nitrogens is 3. The maximum Gasteiger partial charge on any atom is 0.573 e. The van der Waals surface area contributed by atoms with Gasteiger partial charge in [-0.25, -0.2) is 18.6 Å². The Balaban J connectivity index is 1.17. The summed E-state index contributed by atoms with van der Waals surface area (Å²) >= 11 is 1.62. The third-order valence-electron chi connectivity index (χ3n) is 6.18. The summed E-state index contributed by atoms with van der Waals surface area (Å²) in [4.78, 5) is 4.31. The van der Waals surface area contributed by atoms with Gasteiger partial charge in [-0.3, -0.25) is 0 Å². The summed E-state index contributed by atoms with van der Waals surface area (Å²) in [5, 5.41) is 11.9. The third kappa shape index (κ3) is 4.51. The van der Waals surface area contributed by atoms with Crippen molar-refractivity contribution >= 4 is 28.8 Å². The highest BCUT2D eigenvalue weighted by atomic mass is 32.2. The zero-order valence-corrected chi connectivity index (χ0v) is 20.6. The average Bonchev–Trinajstić information content (AvgIpc) is 3.36. The number of ether oxygens (including phenoxy) is 1. The molecule has 0 saturated heterocycles. The van der Waals surface area contributed by atoms with Gasteiger partial charge in [-0.1, -0.05) is 41.5 Å². The molecular weight excluding hydrogens is 520 g/mol. The topological polar surface area (TPSA) is 58.5 Å². The van der Waals surface area contributed by atoms with Crippen molar-refractivity contribution in [2.75, 3.05) is 5.88 Å². The number of hydrazone groups is 1. The van der Waals surface area contributed by atoms with Crippen LogP contribution in [-0.4, -0.2) is 48.0 Å². The molecule has 3 aromatic carbocycles. The van der Waals surface area contributed by atoms with E-state index in [1.807, 2.05) is 46.8 Å². The summed E-state index contributed by atoms with van der Waals surface area (Å²) in [5.41, 5.74) is 3.69. The number of fused-ring (bicyclic) bond motifs is 2. The van der Waals surface area contributed by atoms with Gasteiger partial charge in [0.15, 0.2) is 23.4 Å². The van der Waals surface area contributed by atoms with Crippen LogP contribution in [-0.2, 0) is 0 Å². The summed E-state index contributed by atoms with van der Waals surface area (Å²) in [6, 6.07) is 17.9. The number of amidine groups is 1. The molecule has 4 aromatic rings. The van der Waals surface area contributed by atoms with E-state index in [9.17, 15) is 17.6 Å². The number of thioether (sulfide) groups is 1. The smallest absolute Gasteiger partial charge is 0.406 e. The normalized spacial score (nSPS) is 16.9. The molecule has 2 aliphatic rings. The van der Waals surface area contributed by atoms with Gasteiger partial charge in [0.2, 0.25) is 0 Å². The number of halogens is 4. The van der Waals surface area contributed by atoms with Crippen LogP contribution < -0.4 is 4.74 Å². The molecule has 1 aromatic heterocycles. The van der Waals surface area contributed by atoms with Crippen LogP contribution in [0.2, 0.25) is 0 Å². The lowest BCUT2D eigenvalue weighted by molar-refractivity contribution is -0.436. The van der Waals surface area contributed by atoms with Crippen LogP contribution in [0.5, 0.6) is 5.75 Å². The van der Waals surface area contributed by atoms with Crippen molar-refractivity contribution in [3.05, 3.63) is 90.0 Å². The van der Waals surface area contributed by atoms with Gasteiger partial charge in [0.1, 0.15) is 18.0 Å². The van der Waals surface area contributed by atoms with Crippen LogP contribution in [0.15, 0.2) is 78.2 Å². The van der Waals surface area contributed by atoms with Crippen LogP contribution in [0.25, 0.3) is 17.1 Å². The molecule has 0 N–H and O–H groups in total. The molecule has 0 fully saturated rings. The summed E-state index contributed by atoms with van der Waals surface area (Å²) < 4.78 is 58.9. The minimum Gasteiger partial charge on any atom is -0.406 e. The summed E-state index contributed by atoms with van der Waals surface area (Å²) in [6.45, 7) is 2.00. The van der Waals surface area contributed by atoms with E-state index in [-0.39, 0.29) is 17.6 Å². The maximum absolute atomic E-state index is 14.5. The molecule has 2 aliphatic heterocycles. The quantitative estimate of drug-likeness (QED) is 0.175. The van der Waals surface area contributed by atoms with Crippen LogP contribution in [0.4, 0.5) is 23.2 Å². The lowest BCUT2D eigenvalue weighted by Crippen LogP contribution is -2.43. The lowest BCUT2D eigenvalue weighted by Gasteiger charge is -2.33. The number of nitrogens with zero attached hydrogens (tertiary/aromatic N) is 6. The molecule has 0 amide bonds. The lowest BCUT2D eigenvalue weighted by atomic mass is 10.0. The van der Waals surface area contributed by atoms with Gasteiger partial charge in [0, 0.05) is 22.9 Å². The van der Waals surface area contributed by atoms with Gasteiger partial charge in [-0.05, 0) is 42.8 Å². The zero-order chi connectivity index (χ0) is 26.4. The fourth-order valence-electron chi connectivity index (χ4n) is 4.30. The Labute approximate surface area is 218 Å². The number of alkyl halides is 3. The number of benzene rings is 3. The van der Waals surface area contributed by atoms with Crippen LogP contribution in [0.3, 0.4) is 0 Å². The van der Waals surface area contributed by atoms with E-state index in [1.165, 1.54) is 41.3 Å². The number of rotatable bonds is 5. The monoisotopic (exact) mass is 539 g/mol. The fraction of sp³-hybridized carbons (Fsp3) is 0.154. The predicted octanol–water partition coefficient (Wildman–Crippen LogP) is 6.09. The van der Waals surface area contributed by atoms with Crippen LogP contribution in [0, 0.1) is 5.82 Å². The minimum absolute atomic E-state index is 0.113. The van der Waals surface area contributed by atoms with E-state index in [2.05, 4.69) is 14.8 Å². The molecule has 12 heteroatoms. The molecule has 1 atom stereocenters. The van der Waals surface area contributed by atoms with Crippen molar-refractivity contribution < 1.29 is 26.9 Å². The standard InChI is InChI=1S/C26H19F4N6OS/c1-16-21-3-2-4-22(27)23(21)34-15-38-25(34)36(16)32-13-17-5-7-18(8-6-17)24-31-14-35(33-24)19-9-11-20(12-10-19)37-26(28,29)30/h2-14,16H,15H2,1H3/q+1. The highest BCUT2D eigenvalue weighted by molar-refractivity contribution is 8.14. The van der Waals surface area contributed by atoms with Gasteiger partial charge in [0.05, 0.1) is 11.9 Å². The molecule has 192 valence electrons. The van der Waals surface area contributed by atoms with Crippen molar-refractivity contribution in [3.8, 4) is 22.8 Å². The zero-order valence-electron chi connectivity index (χ0n) is 19.8. The van der Waals surface area contributed by atoms with Gasteiger partial charge < -0.3 is 4.74 Å². The molecule has 38 heavy (non-hydrogen) atoms. The molecule has 0 spiro atoms. The van der Waals surface area contributed by atoms with Crippen molar-refractivity contribution in [2.24, 2.45) is 5.10 Å². The first-order valence-electron chi connectivity index (χ1n) is 11.5. The molecule has 0 radical (unpaired) electrons. The van der Waals surface area contributed by atoms with Crippen molar-refractivity contribution in [3.63, 3.8) is 0 Å². The Hall–Kier alpha value is -4.19. The highest BCUT2D eigenvalue weighted by Crippen LogP contribution is 2.43. The fourth-order valence-corrected chi connectivity index (χ4v) is 5.24. The Morgan fingerprint density at radius 2 is 1.84 bits per heavy atom.